The standard InChI is InChI=1S/C12H17N3O2/c1-9-8-14(10(2)7-13-9)11-3-5-12(6-4-11)15(16)17/h3-6,9-10,13H,7-8H2,1-2H3/t9-,10+/m0/s1. The predicted molar refractivity (Wildman–Crippen MR) is 67.4 cm³/mol. The van der Waals surface area contributed by atoms with E-state index < -0.39 is 0 Å². The summed E-state index contributed by atoms with van der Waals surface area (Å²) in [6, 6.07) is 7.64. The van der Waals surface area contributed by atoms with Gasteiger partial charge in [-0.3, -0.25) is 10.1 Å². The van der Waals surface area contributed by atoms with Crippen molar-refractivity contribution in [1.29, 1.82) is 0 Å². The van der Waals surface area contributed by atoms with Crippen LogP contribution in [0.25, 0.3) is 0 Å². The number of nitrogens with zero attached hydrogens (tertiary/aromatic N) is 2. The fourth-order valence-corrected chi connectivity index (χ4v) is 2.15. The summed E-state index contributed by atoms with van der Waals surface area (Å²) >= 11 is 0. The van der Waals surface area contributed by atoms with Crippen LogP contribution in [-0.2, 0) is 0 Å². The molecule has 0 aromatic heterocycles. The van der Waals surface area contributed by atoms with Crippen molar-refractivity contribution in [3.63, 3.8) is 0 Å². The van der Waals surface area contributed by atoms with Gasteiger partial charge in [0.05, 0.1) is 4.92 Å². The van der Waals surface area contributed by atoms with Crippen LogP contribution in [0.15, 0.2) is 24.3 Å². The Morgan fingerprint density at radius 2 is 2.00 bits per heavy atom. The van der Waals surface area contributed by atoms with Gasteiger partial charge in [0.25, 0.3) is 5.69 Å². The highest BCUT2D eigenvalue weighted by molar-refractivity contribution is 5.52. The topological polar surface area (TPSA) is 58.4 Å². The molecule has 1 aromatic carbocycles. The molecule has 1 aromatic rings. The Morgan fingerprint density at radius 3 is 2.59 bits per heavy atom. The molecule has 0 radical (unpaired) electrons. The number of nitro groups is 1. The van der Waals surface area contributed by atoms with E-state index in [1.165, 1.54) is 0 Å². The third-order valence-corrected chi connectivity index (χ3v) is 3.16. The largest absolute Gasteiger partial charge is 0.366 e. The van der Waals surface area contributed by atoms with Crippen molar-refractivity contribution in [3.8, 4) is 0 Å². The summed E-state index contributed by atoms with van der Waals surface area (Å²) in [6.07, 6.45) is 0. The quantitative estimate of drug-likeness (QED) is 0.627. The minimum absolute atomic E-state index is 0.143. The Balaban J connectivity index is 2.18. The molecule has 0 unspecified atom stereocenters. The second kappa shape index (κ2) is 4.71. The van der Waals surface area contributed by atoms with E-state index in [0.717, 1.165) is 18.8 Å². The van der Waals surface area contributed by atoms with Gasteiger partial charge in [-0.1, -0.05) is 0 Å². The first-order valence-corrected chi connectivity index (χ1v) is 5.82. The molecule has 1 fully saturated rings. The molecule has 1 aliphatic rings. The minimum Gasteiger partial charge on any atom is -0.366 e. The van der Waals surface area contributed by atoms with Gasteiger partial charge in [-0.15, -0.1) is 0 Å². The molecule has 1 aliphatic heterocycles. The normalized spacial score (nSPS) is 24.7. The number of nitro benzene ring substituents is 1. The molecule has 0 bridgehead atoms. The highest BCUT2D eigenvalue weighted by atomic mass is 16.6. The summed E-state index contributed by atoms with van der Waals surface area (Å²) in [5, 5.41) is 14.0. The Labute approximate surface area is 101 Å². The average molecular weight is 235 g/mol. The van der Waals surface area contributed by atoms with Crippen LogP contribution in [0.4, 0.5) is 11.4 Å². The van der Waals surface area contributed by atoms with E-state index in [-0.39, 0.29) is 10.6 Å². The number of anilines is 1. The van der Waals surface area contributed by atoms with Gasteiger partial charge in [-0.25, -0.2) is 0 Å². The zero-order valence-corrected chi connectivity index (χ0v) is 10.1. The minimum atomic E-state index is -0.367. The van der Waals surface area contributed by atoms with Gasteiger partial charge < -0.3 is 10.2 Å². The molecule has 17 heavy (non-hydrogen) atoms. The molecule has 0 saturated carbocycles. The van der Waals surface area contributed by atoms with Gasteiger partial charge in [-0.05, 0) is 26.0 Å². The van der Waals surface area contributed by atoms with Gasteiger partial charge in [0, 0.05) is 43.0 Å². The lowest BCUT2D eigenvalue weighted by molar-refractivity contribution is -0.384. The molecule has 92 valence electrons. The Morgan fingerprint density at radius 1 is 1.35 bits per heavy atom. The summed E-state index contributed by atoms with van der Waals surface area (Å²) in [6.45, 7) is 6.17. The molecule has 1 N–H and O–H groups in total. The van der Waals surface area contributed by atoms with E-state index in [1.54, 1.807) is 12.1 Å². The van der Waals surface area contributed by atoms with Gasteiger partial charge >= 0.3 is 0 Å². The molecule has 1 heterocycles. The summed E-state index contributed by atoms with van der Waals surface area (Å²) in [4.78, 5) is 12.5. The summed E-state index contributed by atoms with van der Waals surface area (Å²) < 4.78 is 0. The van der Waals surface area contributed by atoms with Crippen molar-refractivity contribution < 1.29 is 4.92 Å². The third-order valence-electron chi connectivity index (χ3n) is 3.16. The van der Waals surface area contributed by atoms with E-state index in [9.17, 15) is 10.1 Å². The monoisotopic (exact) mass is 235 g/mol. The van der Waals surface area contributed by atoms with Gasteiger partial charge in [0.15, 0.2) is 0 Å². The second-order valence-corrected chi connectivity index (χ2v) is 4.58. The van der Waals surface area contributed by atoms with Gasteiger partial charge in [0.1, 0.15) is 0 Å². The molecule has 2 atom stereocenters. The van der Waals surface area contributed by atoms with Crippen LogP contribution in [-0.4, -0.2) is 30.1 Å². The van der Waals surface area contributed by atoms with Crippen molar-refractivity contribution in [2.75, 3.05) is 18.0 Å². The van der Waals surface area contributed by atoms with Gasteiger partial charge in [-0.2, -0.15) is 0 Å². The second-order valence-electron chi connectivity index (χ2n) is 4.58. The molecule has 0 amide bonds. The van der Waals surface area contributed by atoms with Crippen molar-refractivity contribution in [2.45, 2.75) is 25.9 Å². The third kappa shape index (κ3) is 2.55. The number of rotatable bonds is 2. The molecule has 0 spiro atoms. The van der Waals surface area contributed by atoms with Crippen LogP contribution in [0.2, 0.25) is 0 Å². The maximum atomic E-state index is 10.6. The molecule has 5 nitrogen and oxygen atoms in total. The Bertz CT molecular complexity index is 405. The number of hydrogen-bond acceptors (Lipinski definition) is 4. The lowest BCUT2D eigenvalue weighted by Crippen LogP contribution is -2.54. The molecule has 1 saturated heterocycles. The molecular formula is C12H17N3O2. The van der Waals surface area contributed by atoms with Crippen LogP contribution in [0.3, 0.4) is 0 Å². The number of hydrogen-bond donors (Lipinski definition) is 1. The lowest BCUT2D eigenvalue weighted by Gasteiger charge is -2.39. The highest BCUT2D eigenvalue weighted by Crippen LogP contribution is 2.22. The first-order valence-electron chi connectivity index (χ1n) is 5.82. The van der Waals surface area contributed by atoms with Crippen LogP contribution in [0, 0.1) is 10.1 Å². The Kier molecular flexibility index (Phi) is 3.28. The van der Waals surface area contributed by atoms with Crippen molar-refractivity contribution in [1.82, 2.24) is 5.32 Å². The molecule has 5 heteroatoms. The lowest BCUT2D eigenvalue weighted by atomic mass is 10.1. The van der Waals surface area contributed by atoms with Crippen LogP contribution < -0.4 is 10.2 Å². The number of benzene rings is 1. The van der Waals surface area contributed by atoms with Gasteiger partial charge in [0.2, 0.25) is 0 Å². The zero-order valence-electron chi connectivity index (χ0n) is 10.1. The first-order chi connectivity index (χ1) is 8.08. The van der Waals surface area contributed by atoms with E-state index in [1.807, 2.05) is 12.1 Å². The maximum Gasteiger partial charge on any atom is 0.269 e. The van der Waals surface area contributed by atoms with E-state index >= 15 is 0 Å². The summed E-state index contributed by atoms with van der Waals surface area (Å²) in [7, 11) is 0. The first kappa shape index (κ1) is 11.9. The van der Waals surface area contributed by atoms with E-state index in [2.05, 4.69) is 24.1 Å². The Hall–Kier alpha value is -1.62. The zero-order chi connectivity index (χ0) is 12.4. The molecule has 2 rings (SSSR count). The van der Waals surface area contributed by atoms with Crippen molar-refractivity contribution >= 4 is 11.4 Å². The summed E-state index contributed by atoms with van der Waals surface area (Å²) in [5.41, 5.74) is 1.20. The smallest absolute Gasteiger partial charge is 0.269 e. The van der Waals surface area contributed by atoms with E-state index in [0.29, 0.717) is 12.1 Å². The number of non-ortho nitro benzene ring substituents is 1. The van der Waals surface area contributed by atoms with Crippen LogP contribution >= 0.6 is 0 Å². The number of piperazine rings is 1. The fraction of sp³-hybridized carbons (Fsp3) is 0.500. The SMILES string of the molecule is C[C@@H]1CN[C@@H](C)CN1c1ccc([N+](=O)[O-])cc1. The summed E-state index contributed by atoms with van der Waals surface area (Å²) in [5.74, 6) is 0. The van der Waals surface area contributed by atoms with Crippen LogP contribution in [0.5, 0.6) is 0 Å². The molecular weight excluding hydrogens is 218 g/mol. The number of nitrogens with one attached hydrogen (secondary N) is 1. The van der Waals surface area contributed by atoms with E-state index in [4.69, 9.17) is 0 Å². The highest BCUT2D eigenvalue weighted by Gasteiger charge is 2.22. The van der Waals surface area contributed by atoms with Crippen molar-refractivity contribution in [2.24, 2.45) is 0 Å². The predicted octanol–water partition coefficient (Wildman–Crippen LogP) is 1.78. The molecule has 0 aliphatic carbocycles. The maximum absolute atomic E-state index is 10.6. The van der Waals surface area contributed by atoms with Crippen molar-refractivity contribution in [3.05, 3.63) is 34.4 Å². The van der Waals surface area contributed by atoms with Crippen LogP contribution in [0.1, 0.15) is 13.8 Å². The average Bonchev–Trinajstić information content (AvgIpc) is 2.32. The fourth-order valence-electron chi connectivity index (χ4n) is 2.15.